The lowest BCUT2D eigenvalue weighted by Crippen LogP contribution is -2.05. The van der Waals surface area contributed by atoms with Crippen molar-refractivity contribution in [3.63, 3.8) is 0 Å². The van der Waals surface area contributed by atoms with Crippen LogP contribution in [0.1, 0.15) is 18.5 Å². The first-order chi connectivity index (χ1) is 10.1. The van der Waals surface area contributed by atoms with Gasteiger partial charge in [0.25, 0.3) is 0 Å². The summed E-state index contributed by atoms with van der Waals surface area (Å²) in [7, 11) is 0. The minimum Gasteiger partial charge on any atom is -0.439 e. The smallest absolute Gasteiger partial charge is 0.219 e. The van der Waals surface area contributed by atoms with Crippen molar-refractivity contribution in [3.8, 4) is 11.6 Å². The van der Waals surface area contributed by atoms with Crippen LogP contribution in [0.3, 0.4) is 0 Å². The minimum atomic E-state index is -0.0225. The molecule has 21 heavy (non-hydrogen) atoms. The number of aromatic nitrogens is 1. The Morgan fingerprint density at radius 1 is 1.05 bits per heavy atom. The first-order valence-electron chi connectivity index (χ1n) is 6.70. The number of hydrogen-bond acceptors (Lipinski definition) is 3. The fraction of sp³-hybridized carbons (Fsp3) is 0.118. The van der Waals surface area contributed by atoms with E-state index >= 15 is 0 Å². The molecule has 0 unspecified atom stereocenters. The lowest BCUT2D eigenvalue weighted by atomic mass is 10.1. The van der Waals surface area contributed by atoms with Gasteiger partial charge in [-0.15, -0.1) is 0 Å². The summed E-state index contributed by atoms with van der Waals surface area (Å²) in [5, 5.41) is 2.29. The van der Waals surface area contributed by atoms with E-state index in [0.29, 0.717) is 5.88 Å². The van der Waals surface area contributed by atoms with E-state index in [4.69, 9.17) is 10.5 Å². The van der Waals surface area contributed by atoms with Gasteiger partial charge in [0.15, 0.2) is 0 Å². The largest absolute Gasteiger partial charge is 0.439 e. The third-order valence-corrected chi connectivity index (χ3v) is 3.77. The normalized spacial score (nSPS) is 12.3. The van der Waals surface area contributed by atoms with E-state index in [1.165, 1.54) is 0 Å². The molecule has 4 heteroatoms. The summed E-state index contributed by atoms with van der Waals surface area (Å²) < 4.78 is 6.85. The summed E-state index contributed by atoms with van der Waals surface area (Å²) in [6.45, 7) is 1.93. The van der Waals surface area contributed by atoms with Crippen LogP contribution in [0.4, 0.5) is 0 Å². The van der Waals surface area contributed by atoms with E-state index in [-0.39, 0.29) is 6.04 Å². The molecule has 0 aliphatic rings. The zero-order chi connectivity index (χ0) is 14.8. The summed E-state index contributed by atoms with van der Waals surface area (Å²) in [5.74, 6) is 1.33. The molecule has 0 saturated heterocycles. The van der Waals surface area contributed by atoms with Crippen molar-refractivity contribution in [3.05, 3.63) is 64.8 Å². The third-order valence-electron chi connectivity index (χ3n) is 3.28. The van der Waals surface area contributed by atoms with Gasteiger partial charge in [-0.3, -0.25) is 0 Å². The van der Waals surface area contributed by atoms with Gasteiger partial charge in [-0.25, -0.2) is 4.98 Å². The number of halogens is 1. The number of benzene rings is 2. The predicted molar refractivity (Wildman–Crippen MR) is 88.6 cm³/mol. The highest BCUT2D eigenvalue weighted by molar-refractivity contribution is 9.10. The van der Waals surface area contributed by atoms with E-state index in [1.54, 1.807) is 6.20 Å². The van der Waals surface area contributed by atoms with Crippen molar-refractivity contribution in [1.82, 2.24) is 4.98 Å². The van der Waals surface area contributed by atoms with Crippen LogP contribution in [-0.2, 0) is 0 Å². The standard InChI is InChI=1S/C17H15BrN2O/c1-11(19)14-4-7-17(20-10-14)21-16-6-3-12-8-15(18)5-2-13(12)9-16/h2-11H,19H2,1H3/t11-/m0/s1. The van der Waals surface area contributed by atoms with Gasteiger partial charge < -0.3 is 10.5 Å². The average Bonchev–Trinajstić information content (AvgIpc) is 2.48. The Morgan fingerprint density at radius 3 is 2.52 bits per heavy atom. The summed E-state index contributed by atoms with van der Waals surface area (Å²) >= 11 is 3.47. The molecule has 1 atom stereocenters. The Bertz CT molecular complexity index is 769. The van der Waals surface area contributed by atoms with Gasteiger partial charge in [-0.05, 0) is 47.5 Å². The van der Waals surface area contributed by atoms with Gasteiger partial charge in [0.05, 0.1) is 0 Å². The van der Waals surface area contributed by atoms with Crippen molar-refractivity contribution in [1.29, 1.82) is 0 Å². The molecule has 0 saturated carbocycles. The van der Waals surface area contributed by atoms with Gasteiger partial charge >= 0.3 is 0 Å². The first-order valence-corrected chi connectivity index (χ1v) is 7.50. The first kappa shape index (κ1) is 14.0. The molecule has 0 fully saturated rings. The van der Waals surface area contributed by atoms with Gasteiger partial charge in [0.2, 0.25) is 5.88 Å². The van der Waals surface area contributed by atoms with E-state index in [1.807, 2.05) is 43.3 Å². The zero-order valence-corrected chi connectivity index (χ0v) is 13.2. The monoisotopic (exact) mass is 342 g/mol. The topological polar surface area (TPSA) is 48.1 Å². The zero-order valence-electron chi connectivity index (χ0n) is 11.6. The SMILES string of the molecule is C[C@H](N)c1ccc(Oc2ccc3cc(Br)ccc3c2)nc1. The Kier molecular flexibility index (Phi) is 3.90. The number of fused-ring (bicyclic) bond motifs is 1. The highest BCUT2D eigenvalue weighted by Crippen LogP contribution is 2.27. The molecule has 3 aromatic rings. The Morgan fingerprint density at radius 2 is 1.81 bits per heavy atom. The Labute approximate surface area is 131 Å². The molecule has 106 valence electrons. The maximum absolute atomic E-state index is 5.81. The lowest BCUT2D eigenvalue weighted by molar-refractivity contribution is 0.463. The molecule has 0 spiro atoms. The fourth-order valence-electron chi connectivity index (χ4n) is 2.10. The molecular weight excluding hydrogens is 328 g/mol. The van der Waals surface area contributed by atoms with E-state index in [2.05, 4.69) is 33.0 Å². The van der Waals surface area contributed by atoms with E-state index < -0.39 is 0 Å². The van der Waals surface area contributed by atoms with Crippen molar-refractivity contribution in [2.45, 2.75) is 13.0 Å². The molecule has 1 aromatic heterocycles. The van der Waals surface area contributed by atoms with Crippen LogP contribution in [0.5, 0.6) is 11.6 Å². The molecule has 2 aromatic carbocycles. The summed E-state index contributed by atoms with van der Waals surface area (Å²) in [6.07, 6.45) is 1.75. The number of nitrogens with two attached hydrogens (primary N) is 1. The van der Waals surface area contributed by atoms with Crippen LogP contribution in [-0.4, -0.2) is 4.98 Å². The van der Waals surface area contributed by atoms with Crippen LogP contribution in [0, 0.1) is 0 Å². The van der Waals surface area contributed by atoms with Crippen LogP contribution in [0.15, 0.2) is 59.2 Å². The molecule has 1 heterocycles. The molecule has 0 aliphatic heterocycles. The number of nitrogens with zero attached hydrogens (tertiary/aromatic N) is 1. The molecule has 3 nitrogen and oxygen atoms in total. The van der Waals surface area contributed by atoms with Crippen molar-refractivity contribution >= 4 is 26.7 Å². The molecule has 0 radical (unpaired) electrons. The maximum atomic E-state index is 5.81. The van der Waals surface area contributed by atoms with Crippen LogP contribution >= 0.6 is 15.9 Å². The van der Waals surface area contributed by atoms with Crippen molar-refractivity contribution < 1.29 is 4.74 Å². The highest BCUT2D eigenvalue weighted by atomic mass is 79.9. The molecule has 2 N–H and O–H groups in total. The predicted octanol–water partition coefficient (Wildman–Crippen LogP) is 4.81. The van der Waals surface area contributed by atoms with Gasteiger partial charge in [0.1, 0.15) is 5.75 Å². The van der Waals surface area contributed by atoms with Crippen LogP contribution in [0.2, 0.25) is 0 Å². The van der Waals surface area contributed by atoms with E-state index in [0.717, 1.165) is 26.6 Å². The van der Waals surface area contributed by atoms with Crippen LogP contribution < -0.4 is 10.5 Å². The Balaban J connectivity index is 1.85. The number of ether oxygens (including phenoxy) is 1. The third kappa shape index (κ3) is 3.23. The summed E-state index contributed by atoms with van der Waals surface area (Å²) in [4.78, 5) is 4.28. The fourth-order valence-corrected chi connectivity index (χ4v) is 2.48. The second kappa shape index (κ2) is 5.84. The minimum absolute atomic E-state index is 0.0225. The maximum Gasteiger partial charge on any atom is 0.219 e. The van der Waals surface area contributed by atoms with Crippen molar-refractivity contribution in [2.24, 2.45) is 5.73 Å². The lowest BCUT2D eigenvalue weighted by Gasteiger charge is -2.08. The van der Waals surface area contributed by atoms with E-state index in [9.17, 15) is 0 Å². The molecule has 3 rings (SSSR count). The Hall–Kier alpha value is -1.91. The highest BCUT2D eigenvalue weighted by Gasteiger charge is 2.03. The molecule has 0 amide bonds. The average molecular weight is 343 g/mol. The quantitative estimate of drug-likeness (QED) is 0.742. The van der Waals surface area contributed by atoms with Gasteiger partial charge in [-0.2, -0.15) is 0 Å². The molecular formula is C17H15BrN2O. The van der Waals surface area contributed by atoms with Crippen LogP contribution in [0.25, 0.3) is 10.8 Å². The second-order valence-corrected chi connectivity index (χ2v) is 5.89. The van der Waals surface area contributed by atoms with Crippen molar-refractivity contribution in [2.75, 3.05) is 0 Å². The number of pyridine rings is 1. The molecule has 0 bridgehead atoms. The van der Waals surface area contributed by atoms with Gasteiger partial charge in [-0.1, -0.05) is 34.1 Å². The molecule has 0 aliphatic carbocycles. The van der Waals surface area contributed by atoms with Gasteiger partial charge in [0, 0.05) is 22.8 Å². The number of hydrogen-bond donors (Lipinski definition) is 1. The summed E-state index contributed by atoms with van der Waals surface area (Å²) in [6, 6.07) is 15.9. The number of rotatable bonds is 3. The second-order valence-electron chi connectivity index (χ2n) is 4.97. The summed E-state index contributed by atoms with van der Waals surface area (Å²) in [5.41, 5.74) is 6.80.